The molecule has 0 radical (unpaired) electrons. The molecule has 1 aliphatic heterocycles. The average molecular weight is 473 g/mol. The van der Waals surface area contributed by atoms with E-state index in [1.165, 1.54) is 17.3 Å². The Balaban J connectivity index is 1.39. The Morgan fingerprint density at radius 3 is 2.73 bits per heavy atom. The van der Waals surface area contributed by atoms with Crippen LogP contribution in [-0.2, 0) is 6.54 Å². The molecule has 0 aromatic carbocycles. The lowest BCUT2D eigenvalue weighted by Gasteiger charge is -2.35. The molecular formula is C25H24N6S2. The number of pyridine rings is 2. The molecular weight excluding hydrogens is 448 g/mol. The Hall–Kier alpha value is -3.07. The van der Waals surface area contributed by atoms with Crippen LogP contribution in [0.15, 0.2) is 72.9 Å². The first kappa shape index (κ1) is 21.8. The van der Waals surface area contributed by atoms with Crippen molar-refractivity contribution in [1.29, 1.82) is 0 Å². The van der Waals surface area contributed by atoms with Crippen molar-refractivity contribution < 1.29 is 0 Å². The molecule has 6 nitrogen and oxygen atoms in total. The summed E-state index contributed by atoms with van der Waals surface area (Å²) in [5, 5.41) is 3.81. The lowest BCUT2D eigenvalue weighted by atomic mass is 10.2. The van der Waals surface area contributed by atoms with E-state index in [4.69, 9.17) is 9.97 Å². The van der Waals surface area contributed by atoms with Gasteiger partial charge < -0.3 is 4.90 Å². The molecule has 0 saturated carbocycles. The minimum atomic E-state index is 0.634. The third kappa shape index (κ3) is 4.83. The predicted molar refractivity (Wildman–Crippen MR) is 139 cm³/mol. The van der Waals surface area contributed by atoms with Crippen LogP contribution in [0.25, 0.3) is 26.6 Å². The number of nitrogens with zero attached hydrogens (tertiary/aromatic N) is 6. The molecule has 5 rings (SSSR count). The van der Waals surface area contributed by atoms with Gasteiger partial charge in [-0.3, -0.25) is 9.88 Å². The molecule has 0 atom stereocenters. The normalized spacial score (nSPS) is 14.5. The first-order valence-electron chi connectivity index (χ1n) is 10.8. The van der Waals surface area contributed by atoms with Gasteiger partial charge in [0.05, 0.1) is 16.8 Å². The molecule has 33 heavy (non-hydrogen) atoms. The summed E-state index contributed by atoms with van der Waals surface area (Å²) in [6.07, 6.45) is 5.67. The number of anilines is 1. The van der Waals surface area contributed by atoms with Crippen LogP contribution in [0.1, 0.15) is 11.3 Å². The zero-order valence-corrected chi connectivity index (χ0v) is 19.9. The fourth-order valence-electron chi connectivity index (χ4n) is 3.96. The molecule has 0 unspecified atom stereocenters. The van der Waals surface area contributed by atoms with Crippen molar-refractivity contribution in [3.05, 3.63) is 84.1 Å². The van der Waals surface area contributed by atoms with Gasteiger partial charge in [0, 0.05) is 50.0 Å². The zero-order valence-electron chi connectivity index (χ0n) is 18.2. The number of hydrogen-bond donors (Lipinski definition) is 0. The second-order valence-electron chi connectivity index (χ2n) is 7.77. The van der Waals surface area contributed by atoms with Crippen LogP contribution in [0, 0.1) is 0 Å². The van der Waals surface area contributed by atoms with Crippen LogP contribution in [-0.4, -0.2) is 51.0 Å². The molecule has 0 spiro atoms. The number of hydrogen-bond acceptors (Lipinski definition) is 8. The number of aromatic nitrogens is 4. The van der Waals surface area contributed by atoms with Gasteiger partial charge in [-0.1, -0.05) is 37.1 Å². The molecule has 5 heterocycles. The van der Waals surface area contributed by atoms with Crippen molar-refractivity contribution in [3.63, 3.8) is 0 Å². The molecule has 166 valence electrons. The van der Waals surface area contributed by atoms with Gasteiger partial charge in [-0.2, -0.15) is 0 Å². The van der Waals surface area contributed by atoms with E-state index in [0.717, 1.165) is 65.1 Å². The van der Waals surface area contributed by atoms with Gasteiger partial charge >= 0.3 is 0 Å². The molecule has 0 N–H and O–H groups in total. The van der Waals surface area contributed by atoms with Gasteiger partial charge in [0.2, 0.25) is 0 Å². The van der Waals surface area contributed by atoms with E-state index in [1.54, 1.807) is 16.7 Å². The summed E-state index contributed by atoms with van der Waals surface area (Å²) in [5.74, 6) is 0. The maximum Gasteiger partial charge on any atom is 0.178 e. The lowest BCUT2D eigenvalue weighted by molar-refractivity contribution is 0.249. The fourth-order valence-corrected chi connectivity index (χ4v) is 5.13. The Bertz CT molecular complexity index is 1270. The van der Waals surface area contributed by atoms with Gasteiger partial charge in [-0.05, 0) is 34.6 Å². The molecule has 1 fully saturated rings. The first-order valence-corrected chi connectivity index (χ1v) is 12.5. The van der Waals surface area contributed by atoms with Crippen molar-refractivity contribution >= 4 is 44.9 Å². The molecule has 1 saturated heterocycles. The molecule has 8 heteroatoms. The van der Waals surface area contributed by atoms with E-state index in [0.29, 0.717) is 5.65 Å². The third-order valence-corrected chi connectivity index (χ3v) is 7.14. The van der Waals surface area contributed by atoms with E-state index < -0.39 is 0 Å². The largest absolute Gasteiger partial charge is 0.368 e. The Labute approximate surface area is 201 Å². The van der Waals surface area contributed by atoms with E-state index >= 15 is 0 Å². The van der Waals surface area contributed by atoms with Gasteiger partial charge in [0.15, 0.2) is 5.65 Å². The second-order valence-corrected chi connectivity index (χ2v) is 9.78. The smallest absolute Gasteiger partial charge is 0.178 e. The standard InChI is InChI=1S/C25H24N6S2/c1-3-32-18(2)23-24(22-7-5-13-33-22)28-21-14-20(16-27-25(21)29-23)31-11-9-30(10-12-31)17-19-6-4-8-26-15-19/h3-8,13-16H,1-2,9-12,17H2. The van der Waals surface area contributed by atoms with Crippen molar-refractivity contribution in [2.75, 3.05) is 31.1 Å². The molecule has 4 aromatic heterocycles. The highest BCUT2D eigenvalue weighted by atomic mass is 32.2. The van der Waals surface area contributed by atoms with Gasteiger partial charge in [-0.25, -0.2) is 15.0 Å². The molecule has 0 aliphatic carbocycles. The van der Waals surface area contributed by atoms with E-state index in [1.807, 2.05) is 36.1 Å². The number of rotatable bonds is 7. The quantitative estimate of drug-likeness (QED) is 0.361. The van der Waals surface area contributed by atoms with Crippen LogP contribution in [0.2, 0.25) is 0 Å². The summed E-state index contributed by atoms with van der Waals surface area (Å²) in [4.78, 5) is 25.4. The lowest BCUT2D eigenvalue weighted by Crippen LogP contribution is -2.46. The fraction of sp³-hybridized carbons (Fsp3) is 0.200. The van der Waals surface area contributed by atoms with Gasteiger partial charge in [0.1, 0.15) is 16.9 Å². The molecule has 0 amide bonds. The summed E-state index contributed by atoms with van der Waals surface area (Å²) >= 11 is 3.11. The summed E-state index contributed by atoms with van der Waals surface area (Å²) in [7, 11) is 0. The monoisotopic (exact) mass is 472 g/mol. The number of fused-ring (bicyclic) bond motifs is 1. The number of thioether (sulfide) groups is 1. The third-order valence-electron chi connectivity index (χ3n) is 5.62. The van der Waals surface area contributed by atoms with Gasteiger partial charge in [-0.15, -0.1) is 11.3 Å². The van der Waals surface area contributed by atoms with Crippen LogP contribution in [0.5, 0.6) is 0 Å². The summed E-state index contributed by atoms with van der Waals surface area (Å²) < 4.78 is 0. The summed E-state index contributed by atoms with van der Waals surface area (Å²) in [6, 6.07) is 10.3. The highest BCUT2D eigenvalue weighted by Gasteiger charge is 2.20. The van der Waals surface area contributed by atoms with Crippen molar-refractivity contribution in [3.8, 4) is 10.6 Å². The van der Waals surface area contributed by atoms with Crippen LogP contribution in [0.3, 0.4) is 0 Å². The van der Waals surface area contributed by atoms with E-state index in [-0.39, 0.29) is 0 Å². The highest BCUT2D eigenvalue weighted by molar-refractivity contribution is 8.10. The van der Waals surface area contributed by atoms with E-state index in [2.05, 4.69) is 51.1 Å². The predicted octanol–water partition coefficient (Wildman–Crippen LogP) is 5.32. The SMILES string of the molecule is C=CSC(=C)c1nc2ncc(N3CCN(Cc4cccnc4)CC3)cc2nc1-c1cccs1. The molecule has 1 aliphatic rings. The highest BCUT2D eigenvalue weighted by Crippen LogP contribution is 2.35. The Morgan fingerprint density at radius 2 is 2.00 bits per heavy atom. The minimum absolute atomic E-state index is 0.634. The maximum atomic E-state index is 4.98. The van der Waals surface area contributed by atoms with Crippen LogP contribution >= 0.6 is 23.1 Å². The summed E-state index contributed by atoms with van der Waals surface area (Å²) in [6.45, 7) is 12.8. The summed E-state index contributed by atoms with van der Waals surface area (Å²) in [5.41, 5.74) is 5.38. The second kappa shape index (κ2) is 9.82. The zero-order chi connectivity index (χ0) is 22.6. The van der Waals surface area contributed by atoms with Crippen LogP contribution < -0.4 is 4.90 Å². The topological polar surface area (TPSA) is 58.0 Å². The van der Waals surface area contributed by atoms with E-state index in [9.17, 15) is 0 Å². The number of piperazine rings is 1. The Morgan fingerprint density at radius 1 is 1.12 bits per heavy atom. The molecule has 4 aromatic rings. The maximum absolute atomic E-state index is 4.98. The van der Waals surface area contributed by atoms with Crippen molar-refractivity contribution in [2.24, 2.45) is 0 Å². The van der Waals surface area contributed by atoms with Crippen molar-refractivity contribution in [2.45, 2.75) is 6.54 Å². The number of thiophene rings is 1. The first-order chi connectivity index (χ1) is 16.2. The average Bonchev–Trinajstić information content (AvgIpc) is 3.39. The van der Waals surface area contributed by atoms with Crippen molar-refractivity contribution in [1.82, 2.24) is 24.8 Å². The van der Waals surface area contributed by atoms with Crippen LogP contribution in [0.4, 0.5) is 5.69 Å². The molecule has 0 bridgehead atoms. The Kier molecular flexibility index (Phi) is 6.48. The van der Waals surface area contributed by atoms with Gasteiger partial charge in [0.25, 0.3) is 0 Å². The minimum Gasteiger partial charge on any atom is -0.368 e.